The summed E-state index contributed by atoms with van der Waals surface area (Å²) in [6.07, 6.45) is 2.97. The molecule has 29 heavy (non-hydrogen) atoms. The van der Waals surface area contributed by atoms with Gasteiger partial charge in [-0.1, -0.05) is 24.3 Å². The molecule has 1 aliphatic heterocycles. The molecule has 0 unspecified atom stereocenters. The second-order valence-corrected chi connectivity index (χ2v) is 8.32. The highest BCUT2D eigenvalue weighted by molar-refractivity contribution is 7.89. The van der Waals surface area contributed by atoms with Crippen molar-refractivity contribution in [3.05, 3.63) is 65.7 Å². The van der Waals surface area contributed by atoms with Crippen LogP contribution in [-0.2, 0) is 30.9 Å². The third kappa shape index (κ3) is 5.66. The standard InChI is InChI=1S/C21H23NO6S/c1-26-19-8-5-17(6-9-19)7-10-21(23)28-16-18-3-2-4-20(15-18)29(24,25)22-11-13-27-14-12-22/h2-10,15H,11-14,16H2,1H3/b10-7+. The second-order valence-electron chi connectivity index (χ2n) is 6.38. The fourth-order valence-corrected chi connectivity index (χ4v) is 4.29. The van der Waals surface area contributed by atoms with E-state index in [2.05, 4.69) is 0 Å². The number of methoxy groups -OCH3 is 1. The number of hydrogen-bond donors (Lipinski definition) is 0. The van der Waals surface area contributed by atoms with Crippen LogP contribution in [0, 0.1) is 0 Å². The van der Waals surface area contributed by atoms with Gasteiger partial charge >= 0.3 is 5.97 Å². The van der Waals surface area contributed by atoms with Crippen molar-refractivity contribution in [2.45, 2.75) is 11.5 Å². The monoisotopic (exact) mass is 417 g/mol. The van der Waals surface area contributed by atoms with Crippen LogP contribution in [0.5, 0.6) is 5.75 Å². The maximum absolute atomic E-state index is 12.7. The Hall–Kier alpha value is -2.68. The molecule has 0 amide bonds. The predicted octanol–water partition coefficient (Wildman–Crippen LogP) is 2.47. The summed E-state index contributed by atoms with van der Waals surface area (Å²) in [6, 6.07) is 13.7. The number of benzene rings is 2. The summed E-state index contributed by atoms with van der Waals surface area (Å²) in [5.41, 5.74) is 1.44. The Morgan fingerprint density at radius 1 is 1.14 bits per heavy atom. The summed E-state index contributed by atoms with van der Waals surface area (Å²) >= 11 is 0. The van der Waals surface area contributed by atoms with Crippen LogP contribution in [0.15, 0.2) is 59.5 Å². The topological polar surface area (TPSA) is 82.1 Å². The van der Waals surface area contributed by atoms with E-state index in [1.165, 1.54) is 16.4 Å². The fraction of sp³-hybridized carbons (Fsp3) is 0.286. The molecular formula is C21H23NO6S. The number of carbonyl (C=O) groups is 1. The second kappa shape index (κ2) is 9.69. The molecule has 154 valence electrons. The van der Waals surface area contributed by atoms with Crippen LogP contribution >= 0.6 is 0 Å². The van der Waals surface area contributed by atoms with Crippen molar-refractivity contribution in [1.82, 2.24) is 4.31 Å². The zero-order valence-corrected chi connectivity index (χ0v) is 16.9. The largest absolute Gasteiger partial charge is 0.497 e. The molecule has 2 aromatic rings. The van der Waals surface area contributed by atoms with Gasteiger partial charge in [-0.05, 0) is 41.5 Å². The van der Waals surface area contributed by atoms with E-state index < -0.39 is 16.0 Å². The Bertz CT molecular complexity index is 963. The van der Waals surface area contributed by atoms with Gasteiger partial charge in [-0.2, -0.15) is 4.31 Å². The fourth-order valence-electron chi connectivity index (χ4n) is 2.81. The highest BCUT2D eigenvalue weighted by atomic mass is 32.2. The molecule has 7 nitrogen and oxygen atoms in total. The number of ether oxygens (including phenoxy) is 3. The van der Waals surface area contributed by atoms with Crippen molar-refractivity contribution in [3.63, 3.8) is 0 Å². The molecule has 0 aliphatic carbocycles. The van der Waals surface area contributed by atoms with Crippen LogP contribution in [0.25, 0.3) is 6.08 Å². The molecule has 8 heteroatoms. The number of esters is 1. The molecule has 0 atom stereocenters. The van der Waals surface area contributed by atoms with Crippen molar-refractivity contribution in [2.24, 2.45) is 0 Å². The van der Waals surface area contributed by atoms with Gasteiger partial charge in [0.2, 0.25) is 10.0 Å². The molecule has 0 aromatic heterocycles. The summed E-state index contributed by atoms with van der Waals surface area (Å²) in [7, 11) is -2.00. The SMILES string of the molecule is COc1ccc(/C=C/C(=O)OCc2cccc(S(=O)(=O)N3CCOCC3)c2)cc1. The molecule has 3 rings (SSSR count). The smallest absolute Gasteiger partial charge is 0.331 e. The van der Waals surface area contributed by atoms with E-state index in [1.807, 2.05) is 12.1 Å². The van der Waals surface area contributed by atoms with Crippen LogP contribution in [0.1, 0.15) is 11.1 Å². The van der Waals surface area contributed by atoms with E-state index >= 15 is 0 Å². The molecule has 0 spiro atoms. The number of morpholine rings is 1. The summed E-state index contributed by atoms with van der Waals surface area (Å²) in [4.78, 5) is 12.2. The Kier molecular flexibility index (Phi) is 7.03. The number of sulfonamides is 1. The summed E-state index contributed by atoms with van der Waals surface area (Å²) in [5.74, 6) is 0.221. The lowest BCUT2D eigenvalue weighted by Gasteiger charge is -2.26. The lowest BCUT2D eigenvalue weighted by molar-refractivity contribution is -0.138. The molecule has 0 radical (unpaired) electrons. The number of nitrogens with zero attached hydrogens (tertiary/aromatic N) is 1. The van der Waals surface area contributed by atoms with E-state index in [1.54, 1.807) is 43.5 Å². The lowest BCUT2D eigenvalue weighted by atomic mass is 10.2. The molecule has 0 N–H and O–H groups in total. The highest BCUT2D eigenvalue weighted by Crippen LogP contribution is 2.19. The van der Waals surface area contributed by atoms with Gasteiger partial charge < -0.3 is 14.2 Å². The zero-order chi connectivity index (χ0) is 20.7. The van der Waals surface area contributed by atoms with Gasteiger partial charge in [0.15, 0.2) is 0 Å². The van der Waals surface area contributed by atoms with Gasteiger partial charge in [-0.25, -0.2) is 13.2 Å². The minimum absolute atomic E-state index is 0.0156. The van der Waals surface area contributed by atoms with E-state index in [-0.39, 0.29) is 11.5 Å². The zero-order valence-electron chi connectivity index (χ0n) is 16.1. The normalized spacial score (nSPS) is 15.3. The first-order chi connectivity index (χ1) is 14.0. The first-order valence-electron chi connectivity index (χ1n) is 9.15. The first-order valence-corrected chi connectivity index (χ1v) is 10.6. The van der Waals surface area contributed by atoms with Gasteiger partial charge in [0, 0.05) is 19.2 Å². The minimum atomic E-state index is -3.59. The first kappa shape index (κ1) is 21.0. The number of carbonyl (C=O) groups excluding carboxylic acids is 1. The Labute approximate surface area is 170 Å². The van der Waals surface area contributed by atoms with Crippen molar-refractivity contribution in [3.8, 4) is 5.75 Å². The number of rotatable bonds is 7. The molecule has 1 aliphatic rings. The van der Waals surface area contributed by atoms with E-state index in [0.29, 0.717) is 31.9 Å². The maximum Gasteiger partial charge on any atom is 0.331 e. The Balaban J connectivity index is 1.59. The van der Waals surface area contributed by atoms with Crippen LogP contribution < -0.4 is 4.74 Å². The maximum atomic E-state index is 12.7. The molecule has 0 bridgehead atoms. The van der Waals surface area contributed by atoms with Gasteiger partial charge in [-0.3, -0.25) is 0 Å². The lowest BCUT2D eigenvalue weighted by Crippen LogP contribution is -2.40. The highest BCUT2D eigenvalue weighted by Gasteiger charge is 2.26. The van der Waals surface area contributed by atoms with Crippen LogP contribution in [0.3, 0.4) is 0 Å². The van der Waals surface area contributed by atoms with Gasteiger partial charge in [0.05, 0.1) is 25.2 Å². The van der Waals surface area contributed by atoms with E-state index in [9.17, 15) is 13.2 Å². The van der Waals surface area contributed by atoms with Crippen molar-refractivity contribution < 1.29 is 27.4 Å². The molecular weight excluding hydrogens is 394 g/mol. The van der Waals surface area contributed by atoms with Crippen molar-refractivity contribution in [1.29, 1.82) is 0 Å². The molecule has 1 fully saturated rings. The van der Waals surface area contributed by atoms with E-state index in [4.69, 9.17) is 14.2 Å². The molecule has 2 aromatic carbocycles. The van der Waals surface area contributed by atoms with Gasteiger partial charge in [0.25, 0.3) is 0 Å². The quantitative estimate of drug-likeness (QED) is 0.509. The summed E-state index contributed by atoms with van der Waals surface area (Å²) in [5, 5.41) is 0. The van der Waals surface area contributed by atoms with Crippen LogP contribution in [0.4, 0.5) is 0 Å². The van der Waals surface area contributed by atoms with Crippen LogP contribution in [0.2, 0.25) is 0 Å². The predicted molar refractivity (Wildman–Crippen MR) is 108 cm³/mol. The van der Waals surface area contributed by atoms with Gasteiger partial charge in [-0.15, -0.1) is 0 Å². The molecule has 1 heterocycles. The molecule has 0 saturated carbocycles. The summed E-state index contributed by atoms with van der Waals surface area (Å²) in [6.45, 7) is 1.42. The molecule has 1 saturated heterocycles. The average Bonchev–Trinajstić information content (AvgIpc) is 2.77. The number of hydrogen-bond acceptors (Lipinski definition) is 6. The van der Waals surface area contributed by atoms with Gasteiger partial charge in [0.1, 0.15) is 12.4 Å². The Morgan fingerprint density at radius 3 is 2.55 bits per heavy atom. The Morgan fingerprint density at radius 2 is 1.86 bits per heavy atom. The van der Waals surface area contributed by atoms with Crippen LogP contribution in [-0.4, -0.2) is 52.1 Å². The third-order valence-electron chi connectivity index (χ3n) is 4.42. The van der Waals surface area contributed by atoms with E-state index in [0.717, 1.165) is 11.3 Å². The third-order valence-corrected chi connectivity index (χ3v) is 6.31. The minimum Gasteiger partial charge on any atom is -0.497 e. The van der Waals surface area contributed by atoms with Crippen molar-refractivity contribution in [2.75, 3.05) is 33.4 Å². The van der Waals surface area contributed by atoms with Crippen molar-refractivity contribution >= 4 is 22.1 Å². The average molecular weight is 417 g/mol. The summed E-state index contributed by atoms with van der Waals surface area (Å²) < 4.78 is 42.4.